The second kappa shape index (κ2) is 4.57. The zero-order chi connectivity index (χ0) is 13.4. The predicted molar refractivity (Wildman–Crippen MR) is 56.7 cm³/mol. The lowest BCUT2D eigenvalue weighted by molar-refractivity contribution is 0.436. The molecule has 0 heterocycles. The monoisotopic (exact) mass is 278 g/mol. The third kappa shape index (κ3) is 2.06. The van der Waals surface area contributed by atoms with Crippen LogP contribution in [0.2, 0.25) is 5.02 Å². The van der Waals surface area contributed by atoms with Gasteiger partial charge < -0.3 is 0 Å². The zero-order valence-electron chi connectivity index (χ0n) is 8.58. The molecule has 0 saturated carbocycles. The number of halogens is 6. The van der Waals surface area contributed by atoms with E-state index in [1.54, 1.807) is 0 Å². The van der Waals surface area contributed by atoms with Gasteiger partial charge in [0.15, 0.2) is 17.5 Å². The highest BCUT2D eigenvalue weighted by atomic mass is 35.5. The van der Waals surface area contributed by atoms with Crippen LogP contribution >= 0.6 is 11.6 Å². The van der Waals surface area contributed by atoms with Crippen molar-refractivity contribution in [1.29, 1.82) is 0 Å². The van der Waals surface area contributed by atoms with Crippen molar-refractivity contribution in [2.75, 3.05) is 0 Å². The maximum atomic E-state index is 13.5. The molecule has 0 atom stereocenters. The van der Waals surface area contributed by atoms with Crippen LogP contribution in [0, 0.1) is 29.1 Å². The summed E-state index contributed by atoms with van der Waals surface area (Å²) < 4.78 is 66.1. The predicted octanol–water partition coefficient (Wildman–Crippen LogP) is 4.70. The number of hydrogen-bond donors (Lipinski definition) is 0. The fraction of sp³-hybridized carbons (Fsp3) is 0. The standard InChI is InChI=1S/C12H4ClF5/c13-5-1-2-6(7(14)3-5)10-8(15)4-9(16)11(17)12(10)18/h1-4H. The molecule has 0 fully saturated rings. The van der Waals surface area contributed by atoms with E-state index in [1.807, 2.05) is 0 Å². The number of hydrogen-bond acceptors (Lipinski definition) is 0. The molecule has 0 nitrogen and oxygen atoms in total. The molecule has 0 unspecified atom stereocenters. The van der Waals surface area contributed by atoms with Gasteiger partial charge in [0.1, 0.15) is 11.6 Å². The molecule has 94 valence electrons. The van der Waals surface area contributed by atoms with Crippen LogP contribution in [0.3, 0.4) is 0 Å². The van der Waals surface area contributed by atoms with Gasteiger partial charge in [-0.25, -0.2) is 22.0 Å². The van der Waals surface area contributed by atoms with E-state index < -0.39 is 40.2 Å². The first-order valence-electron chi connectivity index (χ1n) is 4.70. The van der Waals surface area contributed by atoms with Crippen LogP contribution in [0.4, 0.5) is 22.0 Å². The Balaban J connectivity index is 2.75. The average Bonchev–Trinajstić information content (AvgIpc) is 2.29. The van der Waals surface area contributed by atoms with E-state index >= 15 is 0 Å². The van der Waals surface area contributed by atoms with Gasteiger partial charge in [-0.1, -0.05) is 11.6 Å². The Morgan fingerprint density at radius 3 is 2.00 bits per heavy atom. The average molecular weight is 279 g/mol. The Bertz CT molecular complexity index is 624. The highest BCUT2D eigenvalue weighted by Gasteiger charge is 2.22. The largest absolute Gasteiger partial charge is 0.206 e. The quantitative estimate of drug-likeness (QED) is 0.403. The molecular formula is C12H4ClF5. The van der Waals surface area contributed by atoms with Crippen LogP contribution < -0.4 is 0 Å². The van der Waals surface area contributed by atoms with Crippen LogP contribution in [0.25, 0.3) is 11.1 Å². The van der Waals surface area contributed by atoms with Gasteiger partial charge >= 0.3 is 0 Å². The van der Waals surface area contributed by atoms with Gasteiger partial charge in [-0.05, 0) is 18.2 Å². The van der Waals surface area contributed by atoms with Crippen molar-refractivity contribution in [3.63, 3.8) is 0 Å². The smallest absolute Gasteiger partial charge is 0.195 e. The van der Waals surface area contributed by atoms with Crippen LogP contribution in [0.15, 0.2) is 24.3 Å². The molecule has 2 aromatic carbocycles. The number of benzene rings is 2. The Morgan fingerprint density at radius 1 is 0.722 bits per heavy atom. The summed E-state index contributed by atoms with van der Waals surface area (Å²) in [5, 5.41) is 0.0136. The van der Waals surface area contributed by atoms with E-state index in [1.165, 1.54) is 6.07 Å². The van der Waals surface area contributed by atoms with Crippen LogP contribution in [0.1, 0.15) is 0 Å². The minimum Gasteiger partial charge on any atom is -0.206 e. The summed E-state index contributed by atoms with van der Waals surface area (Å²) in [5.41, 5.74) is -1.50. The first-order valence-corrected chi connectivity index (χ1v) is 5.08. The molecule has 0 aliphatic carbocycles. The normalized spacial score (nSPS) is 10.8. The Hall–Kier alpha value is -1.62. The molecule has 2 aromatic rings. The molecule has 6 heteroatoms. The van der Waals surface area contributed by atoms with Crippen LogP contribution in [-0.4, -0.2) is 0 Å². The Morgan fingerprint density at radius 2 is 1.39 bits per heavy atom. The van der Waals surface area contributed by atoms with Gasteiger partial charge in [-0.2, -0.15) is 0 Å². The lowest BCUT2D eigenvalue weighted by atomic mass is 10.0. The molecule has 0 bridgehead atoms. The third-order valence-electron chi connectivity index (χ3n) is 2.31. The molecule has 0 N–H and O–H groups in total. The van der Waals surface area contributed by atoms with Crippen LogP contribution in [0.5, 0.6) is 0 Å². The van der Waals surface area contributed by atoms with Crippen LogP contribution in [-0.2, 0) is 0 Å². The molecule has 0 spiro atoms. The molecule has 18 heavy (non-hydrogen) atoms. The van der Waals surface area contributed by atoms with Crippen molar-refractivity contribution in [1.82, 2.24) is 0 Å². The highest BCUT2D eigenvalue weighted by Crippen LogP contribution is 2.32. The number of rotatable bonds is 1. The van der Waals surface area contributed by atoms with Gasteiger partial charge in [-0.15, -0.1) is 0 Å². The molecule has 0 amide bonds. The van der Waals surface area contributed by atoms with Crippen molar-refractivity contribution in [3.05, 3.63) is 58.4 Å². The summed E-state index contributed by atoms with van der Waals surface area (Å²) in [6, 6.07) is 3.13. The SMILES string of the molecule is Fc1cc(Cl)ccc1-c1c(F)cc(F)c(F)c1F. The minimum absolute atomic E-state index is 0.0136. The van der Waals surface area contributed by atoms with Gasteiger partial charge in [-0.3, -0.25) is 0 Å². The van der Waals surface area contributed by atoms with E-state index in [0.29, 0.717) is 0 Å². The maximum Gasteiger partial charge on any atom is 0.195 e. The molecule has 0 aromatic heterocycles. The van der Waals surface area contributed by atoms with Crippen molar-refractivity contribution < 1.29 is 22.0 Å². The maximum absolute atomic E-state index is 13.5. The fourth-order valence-corrected chi connectivity index (χ4v) is 1.66. The van der Waals surface area contributed by atoms with Gasteiger partial charge in [0.05, 0.1) is 5.56 Å². The summed E-state index contributed by atoms with van der Waals surface area (Å²) in [7, 11) is 0. The van der Waals surface area contributed by atoms with Crippen molar-refractivity contribution in [2.24, 2.45) is 0 Å². The Kier molecular flexibility index (Phi) is 3.26. The third-order valence-corrected chi connectivity index (χ3v) is 2.55. The molecule has 2 rings (SSSR count). The van der Waals surface area contributed by atoms with E-state index in [0.717, 1.165) is 12.1 Å². The lowest BCUT2D eigenvalue weighted by Crippen LogP contribution is -2.00. The van der Waals surface area contributed by atoms with E-state index in [4.69, 9.17) is 11.6 Å². The van der Waals surface area contributed by atoms with Gasteiger partial charge in [0.25, 0.3) is 0 Å². The molecular weight excluding hydrogens is 275 g/mol. The topological polar surface area (TPSA) is 0 Å². The molecule has 0 aliphatic rings. The van der Waals surface area contributed by atoms with Gasteiger partial charge in [0, 0.05) is 16.7 Å². The van der Waals surface area contributed by atoms with Crippen molar-refractivity contribution >= 4 is 11.6 Å². The summed E-state index contributed by atoms with van der Waals surface area (Å²) in [6.07, 6.45) is 0. The zero-order valence-corrected chi connectivity index (χ0v) is 9.33. The van der Waals surface area contributed by atoms with Crippen molar-refractivity contribution in [2.45, 2.75) is 0 Å². The highest BCUT2D eigenvalue weighted by molar-refractivity contribution is 6.30. The van der Waals surface area contributed by atoms with E-state index in [9.17, 15) is 22.0 Å². The first kappa shape index (κ1) is 12.8. The lowest BCUT2D eigenvalue weighted by Gasteiger charge is -2.08. The Labute approximate surface area is 104 Å². The second-order valence-electron chi connectivity index (χ2n) is 3.47. The molecule has 0 aliphatic heterocycles. The minimum atomic E-state index is -1.86. The summed E-state index contributed by atoms with van der Waals surface area (Å²) in [4.78, 5) is 0. The van der Waals surface area contributed by atoms with Gasteiger partial charge in [0.2, 0.25) is 0 Å². The van der Waals surface area contributed by atoms with E-state index in [2.05, 4.69) is 0 Å². The second-order valence-corrected chi connectivity index (χ2v) is 3.90. The summed E-state index contributed by atoms with van der Waals surface area (Å²) in [6.45, 7) is 0. The molecule has 0 saturated heterocycles. The van der Waals surface area contributed by atoms with Crippen molar-refractivity contribution in [3.8, 4) is 11.1 Å². The molecule has 0 radical (unpaired) electrons. The van der Waals surface area contributed by atoms with E-state index in [-0.39, 0.29) is 11.1 Å². The summed E-state index contributed by atoms with van der Waals surface area (Å²) >= 11 is 5.48. The first-order chi connectivity index (χ1) is 8.41. The summed E-state index contributed by atoms with van der Waals surface area (Å²) in [5.74, 6) is -7.75. The fourth-order valence-electron chi connectivity index (χ4n) is 1.51.